The van der Waals surface area contributed by atoms with Crippen LogP contribution in [0.1, 0.15) is 71.4 Å². The van der Waals surface area contributed by atoms with Crippen LogP contribution in [0.5, 0.6) is 11.5 Å². The van der Waals surface area contributed by atoms with E-state index in [0.717, 1.165) is 47.3 Å². The van der Waals surface area contributed by atoms with Crippen LogP contribution in [0.4, 0.5) is 0 Å². The first-order valence-corrected chi connectivity index (χ1v) is 11.1. The van der Waals surface area contributed by atoms with Crippen LogP contribution in [-0.2, 0) is 0 Å². The minimum absolute atomic E-state index is 0.237. The van der Waals surface area contributed by atoms with Crippen molar-refractivity contribution in [2.24, 2.45) is 0 Å². The van der Waals surface area contributed by atoms with Gasteiger partial charge in [0.15, 0.2) is 0 Å². The third-order valence-electron chi connectivity index (χ3n) is 5.68. The summed E-state index contributed by atoms with van der Waals surface area (Å²) in [5.74, 6) is 1.04. The number of phenols is 1. The number of hydrogen-bond acceptors (Lipinski definition) is 4. The maximum atomic E-state index is 10.5. The van der Waals surface area contributed by atoms with Gasteiger partial charge in [-0.05, 0) is 96.6 Å². The topological polar surface area (TPSA) is 69.9 Å². The summed E-state index contributed by atoms with van der Waals surface area (Å²) in [5, 5.41) is 30.7. The normalized spacial score (nSPS) is 20.6. The third kappa shape index (κ3) is 7.41. The number of ether oxygens (including phenoxy) is 1. The molecule has 0 aliphatic carbocycles. The monoisotopic (exact) mass is 426 g/mol. The predicted octanol–water partition coefficient (Wildman–Crippen LogP) is 6.01. The molecule has 0 unspecified atom stereocenters. The van der Waals surface area contributed by atoms with Gasteiger partial charge in [-0.2, -0.15) is 0 Å². The highest BCUT2D eigenvalue weighted by Gasteiger charge is 2.28. The Kier molecular flexibility index (Phi) is 8.72. The molecule has 0 saturated heterocycles. The predicted molar refractivity (Wildman–Crippen MR) is 128 cm³/mol. The Labute approximate surface area is 187 Å². The molecule has 3 N–H and O–H groups in total. The molecule has 1 aromatic carbocycles. The van der Waals surface area contributed by atoms with Gasteiger partial charge in [0, 0.05) is 5.56 Å². The summed E-state index contributed by atoms with van der Waals surface area (Å²) in [4.78, 5) is 0. The second kappa shape index (κ2) is 10.8. The number of aryl methyl sites for hydroxylation is 1. The zero-order chi connectivity index (χ0) is 23.2. The van der Waals surface area contributed by atoms with Crippen LogP contribution in [0.15, 0.2) is 53.2 Å². The lowest BCUT2D eigenvalue weighted by Crippen LogP contribution is -2.32. The van der Waals surface area contributed by atoms with Crippen molar-refractivity contribution in [1.82, 2.24) is 0 Å². The lowest BCUT2D eigenvalue weighted by atomic mass is 9.93. The van der Waals surface area contributed by atoms with E-state index in [-0.39, 0.29) is 5.75 Å². The number of aliphatic hydroxyl groups is 2. The van der Waals surface area contributed by atoms with Crippen molar-refractivity contribution in [3.8, 4) is 11.5 Å². The SMILES string of the molecule is CC(C)=CCCC(C)=C[C@@H](O)[C@H](O)C(C)=CCC[C@]1(C)C=Cc2cc(O)cc(C)c2O1. The summed E-state index contributed by atoms with van der Waals surface area (Å²) in [6.45, 7) is 11.9. The highest BCUT2D eigenvalue weighted by atomic mass is 16.5. The molecular formula is C27H38O4. The first-order chi connectivity index (χ1) is 14.5. The first-order valence-electron chi connectivity index (χ1n) is 11.1. The summed E-state index contributed by atoms with van der Waals surface area (Å²) >= 11 is 0. The van der Waals surface area contributed by atoms with E-state index < -0.39 is 17.8 Å². The third-order valence-corrected chi connectivity index (χ3v) is 5.68. The molecule has 0 radical (unpaired) electrons. The van der Waals surface area contributed by atoms with Crippen LogP contribution in [0.25, 0.3) is 6.08 Å². The average molecular weight is 427 g/mol. The molecule has 0 aromatic heterocycles. The molecule has 0 saturated carbocycles. The molecule has 4 heteroatoms. The quantitative estimate of drug-likeness (QED) is 0.423. The number of fused-ring (bicyclic) bond motifs is 1. The van der Waals surface area contributed by atoms with Crippen LogP contribution in [0.3, 0.4) is 0 Å². The summed E-state index contributed by atoms with van der Waals surface area (Å²) in [6, 6.07) is 3.41. The molecule has 3 atom stereocenters. The van der Waals surface area contributed by atoms with Crippen molar-refractivity contribution >= 4 is 6.08 Å². The first kappa shape index (κ1) is 25.0. The van der Waals surface area contributed by atoms with Gasteiger partial charge in [-0.25, -0.2) is 0 Å². The summed E-state index contributed by atoms with van der Waals surface area (Å²) < 4.78 is 6.25. The Morgan fingerprint density at radius 1 is 1.10 bits per heavy atom. The Bertz CT molecular complexity index is 887. The number of aromatic hydroxyl groups is 1. The van der Waals surface area contributed by atoms with E-state index in [1.165, 1.54) is 5.57 Å². The maximum Gasteiger partial charge on any atom is 0.131 e. The number of phenolic OH excluding ortho intramolecular Hbond substituents is 1. The molecule has 0 bridgehead atoms. The molecule has 0 fully saturated rings. The minimum atomic E-state index is -0.917. The number of rotatable bonds is 9. The van der Waals surface area contributed by atoms with Gasteiger partial charge in [-0.3, -0.25) is 0 Å². The van der Waals surface area contributed by atoms with Crippen molar-refractivity contribution < 1.29 is 20.1 Å². The van der Waals surface area contributed by atoms with Crippen molar-refractivity contribution in [1.29, 1.82) is 0 Å². The van der Waals surface area contributed by atoms with Gasteiger partial charge < -0.3 is 20.1 Å². The van der Waals surface area contributed by atoms with Crippen LogP contribution in [0, 0.1) is 6.92 Å². The van der Waals surface area contributed by atoms with E-state index in [1.807, 2.05) is 45.9 Å². The van der Waals surface area contributed by atoms with Crippen molar-refractivity contribution in [3.63, 3.8) is 0 Å². The number of benzene rings is 1. The van der Waals surface area contributed by atoms with Crippen LogP contribution >= 0.6 is 0 Å². The molecule has 4 nitrogen and oxygen atoms in total. The molecule has 0 spiro atoms. The molecule has 2 rings (SSSR count). The van der Waals surface area contributed by atoms with Gasteiger partial charge in [0.1, 0.15) is 29.3 Å². The van der Waals surface area contributed by atoms with Crippen molar-refractivity contribution in [2.45, 2.75) is 85.0 Å². The van der Waals surface area contributed by atoms with Crippen molar-refractivity contribution in [3.05, 3.63) is 64.3 Å². The summed E-state index contributed by atoms with van der Waals surface area (Å²) in [5.41, 5.74) is 4.44. The van der Waals surface area contributed by atoms with Crippen LogP contribution < -0.4 is 4.74 Å². The van der Waals surface area contributed by atoms with Crippen LogP contribution in [0.2, 0.25) is 0 Å². The standard InChI is InChI=1S/C27H38O4/c1-18(2)9-7-10-19(3)15-24(29)25(30)20(4)11-8-13-27(6)14-12-22-17-23(28)16-21(5)26(22)31-27/h9,11-12,14-17,24-25,28-30H,7-8,10,13H2,1-6H3/t24-,25-,27-/m1/s1. The molecule has 170 valence electrons. The highest BCUT2D eigenvalue weighted by molar-refractivity contribution is 5.65. The maximum absolute atomic E-state index is 10.5. The fourth-order valence-electron chi connectivity index (χ4n) is 3.74. The Hall–Kier alpha value is -2.30. The fourth-order valence-corrected chi connectivity index (χ4v) is 3.74. The molecule has 1 aliphatic heterocycles. The molecule has 31 heavy (non-hydrogen) atoms. The summed E-state index contributed by atoms with van der Waals surface area (Å²) in [6.07, 6.45) is 11.3. The van der Waals surface area contributed by atoms with E-state index in [9.17, 15) is 15.3 Å². The lowest BCUT2D eigenvalue weighted by Gasteiger charge is -2.32. The second-order valence-electron chi connectivity index (χ2n) is 9.18. The number of allylic oxidation sites excluding steroid dienone is 4. The molecule has 1 aromatic rings. The van der Waals surface area contributed by atoms with E-state index in [2.05, 4.69) is 19.9 Å². The fraction of sp³-hybridized carbons (Fsp3) is 0.481. The smallest absolute Gasteiger partial charge is 0.131 e. The average Bonchev–Trinajstić information content (AvgIpc) is 2.67. The Morgan fingerprint density at radius 3 is 2.48 bits per heavy atom. The number of hydrogen-bond donors (Lipinski definition) is 3. The Balaban J connectivity index is 1.94. The van der Waals surface area contributed by atoms with E-state index >= 15 is 0 Å². The second-order valence-corrected chi connectivity index (χ2v) is 9.18. The van der Waals surface area contributed by atoms with E-state index in [0.29, 0.717) is 6.42 Å². The van der Waals surface area contributed by atoms with Gasteiger partial charge in [0.05, 0.1) is 0 Å². The zero-order valence-electron chi connectivity index (χ0n) is 19.8. The Morgan fingerprint density at radius 2 is 1.81 bits per heavy atom. The molecule has 0 amide bonds. The van der Waals surface area contributed by atoms with E-state index in [4.69, 9.17) is 4.74 Å². The number of aliphatic hydroxyl groups excluding tert-OH is 2. The summed E-state index contributed by atoms with van der Waals surface area (Å²) in [7, 11) is 0. The van der Waals surface area contributed by atoms with Gasteiger partial charge in [-0.15, -0.1) is 0 Å². The highest BCUT2D eigenvalue weighted by Crippen LogP contribution is 2.38. The largest absolute Gasteiger partial charge is 0.508 e. The zero-order valence-corrected chi connectivity index (χ0v) is 19.8. The molecule has 1 heterocycles. The van der Waals surface area contributed by atoms with Crippen molar-refractivity contribution in [2.75, 3.05) is 0 Å². The van der Waals surface area contributed by atoms with Gasteiger partial charge in [0.2, 0.25) is 0 Å². The van der Waals surface area contributed by atoms with Gasteiger partial charge in [0.25, 0.3) is 0 Å². The molecular weight excluding hydrogens is 388 g/mol. The molecule has 1 aliphatic rings. The van der Waals surface area contributed by atoms with Crippen LogP contribution in [-0.4, -0.2) is 33.1 Å². The lowest BCUT2D eigenvalue weighted by molar-refractivity contribution is 0.0721. The van der Waals surface area contributed by atoms with Gasteiger partial charge >= 0.3 is 0 Å². The van der Waals surface area contributed by atoms with Gasteiger partial charge in [-0.1, -0.05) is 35.5 Å². The minimum Gasteiger partial charge on any atom is -0.508 e. The van der Waals surface area contributed by atoms with E-state index in [1.54, 1.807) is 18.2 Å².